The van der Waals surface area contributed by atoms with Gasteiger partial charge in [0.25, 0.3) is 0 Å². The zero-order chi connectivity index (χ0) is 13.5. The Labute approximate surface area is 122 Å². The average Bonchev–Trinajstić information content (AvgIpc) is 2.83. The number of nitrogens with one attached hydrogen (secondary N) is 1. The summed E-state index contributed by atoms with van der Waals surface area (Å²) in [6, 6.07) is 9.67. The molecule has 1 N–H and O–H groups in total. The molecule has 0 aliphatic heterocycles. The highest BCUT2D eigenvalue weighted by Gasteiger charge is 2.07. The molecule has 2 rings (SSSR count). The predicted molar refractivity (Wildman–Crippen MR) is 77.9 cm³/mol. The molecule has 1 unspecified atom stereocenters. The van der Waals surface area contributed by atoms with Gasteiger partial charge in [0.05, 0.1) is 10.6 Å². The Morgan fingerprint density at radius 3 is 2.89 bits per heavy atom. The van der Waals surface area contributed by atoms with Crippen molar-refractivity contribution < 1.29 is 9.15 Å². The highest BCUT2D eigenvalue weighted by Crippen LogP contribution is 2.16. The van der Waals surface area contributed by atoms with E-state index in [1.54, 1.807) is 11.8 Å². The lowest BCUT2D eigenvalue weighted by atomic mass is 10.3. The van der Waals surface area contributed by atoms with Gasteiger partial charge in [-0.1, -0.05) is 34.1 Å². The molecule has 5 nitrogen and oxygen atoms in total. The molecular weight excluding hydrogens is 332 g/mol. The highest BCUT2D eigenvalue weighted by molar-refractivity contribution is 9.09. The SMILES string of the molecule is O=c1[nH]nc(CSCC(Br)COc2ccccc2)o1. The Kier molecular flexibility index (Phi) is 5.53. The molecule has 0 saturated carbocycles. The highest BCUT2D eigenvalue weighted by atomic mass is 79.9. The summed E-state index contributed by atoms with van der Waals surface area (Å²) in [6.45, 7) is 0.585. The molecule has 0 radical (unpaired) electrons. The number of benzene rings is 1. The molecule has 1 heterocycles. The lowest BCUT2D eigenvalue weighted by Crippen LogP contribution is -2.13. The van der Waals surface area contributed by atoms with Crippen LogP contribution < -0.4 is 10.5 Å². The summed E-state index contributed by atoms with van der Waals surface area (Å²) >= 11 is 5.17. The third-order valence-electron chi connectivity index (χ3n) is 2.18. The normalized spacial score (nSPS) is 12.3. The first-order valence-corrected chi connectivity index (χ1v) is 7.75. The third kappa shape index (κ3) is 5.12. The van der Waals surface area contributed by atoms with E-state index in [1.807, 2.05) is 30.3 Å². The van der Waals surface area contributed by atoms with Gasteiger partial charge >= 0.3 is 5.76 Å². The first kappa shape index (κ1) is 14.2. The summed E-state index contributed by atoms with van der Waals surface area (Å²) in [5, 5.41) is 5.97. The van der Waals surface area contributed by atoms with Crippen molar-refractivity contribution in [3.05, 3.63) is 46.8 Å². The minimum atomic E-state index is -0.515. The Balaban J connectivity index is 1.64. The van der Waals surface area contributed by atoms with Gasteiger partial charge in [0.2, 0.25) is 5.89 Å². The van der Waals surface area contributed by atoms with Crippen molar-refractivity contribution in [2.75, 3.05) is 12.4 Å². The monoisotopic (exact) mass is 344 g/mol. The van der Waals surface area contributed by atoms with Gasteiger partial charge in [0, 0.05) is 5.75 Å². The van der Waals surface area contributed by atoms with Crippen molar-refractivity contribution in [1.82, 2.24) is 10.2 Å². The van der Waals surface area contributed by atoms with Crippen LogP contribution in [0.25, 0.3) is 0 Å². The van der Waals surface area contributed by atoms with Crippen LogP contribution in [0.4, 0.5) is 0 Å². The number of halogens is 1. The summed E-state index contributed by atoms with van der Waals surface area (Å²) in [5.41, 5.74) is 0. The molecule has 19 heavy (non-hydrogen) atoms. The van der Waals surface area contributed by atoms with Gasteiger partial charge in [-0.15, -0.1) is 5.10 Å². The molecular formula is C12H13BrN2O3S. The molecule has 7 heteroatoms. The predicted octanol–water partition coefficient (Wildman–Crippen LogP) is 2.44. The number of aromatic nitrogens is 2. The molecule has 2 aromatic rings. The van der Waals surface area contributed by atoms with Crippen LogP contribution in [0.3, 0.4) is 0 Å². The number of H-pyrrole nitrogens is 1. The number of rotatable bonds is 7. The maximum Gasteiger partial charge on any atom is 0.434 e. The second-order valence-electron chi connectivity index (χ2n) is 3.74. The van der Waals surface area contributed by atoms with Crippen LogP contribution in [-0.2, 0) is 5.75 Å². The van der Waals surface area contributed by atoms with E-state index in [-0.39, 0.29) is 4.83 Å². The summed E-state index contributed by atoms with van der Waals surface area (Å²) in [7, 11) is 0. The Morgan fingerprint density at radius 1 is 1.42 bits per heavy atom. The van der Waals surface area contributed by atoms with Crippen molar-refractivity contribution in [2.24, 2.45) is 0 Å². The number of ether oxygens (including phenoxy) is 1. The van der Waals surface area contributed by atoms with Gasteiger partial charge in [0.1, 0.15) is 12.4 Å². The fraction of sp³-hybridized carbons (Fsp3) is 0.333. The molecule has 102 valence electrons. The van der Waals surface area contributed by atoms with Crippen molar-refractivity contribution in [1.29, 1.82) is 0 Å². The standard InChI is InChI=1S/C12H13BrN2O3S/c13-9(6-17-10-4-2-1-3-5-10)7-19-8-11-14-15-12(16)18-11/h1-5,9H,6-8H2,(H,15,16). The van der Waals surface area contributed by atoms with Crippen LogP contribution in [0, 0.1) is 0 Å². The molecule has 0 amide bonds. The first-order chi connectivity index (χ1) is 9.24. The summed E-state index contributed by atoms with van der Waals surface area (Å²) in [6.07, 6.45) is 0. The van der Waals surface area contributed by atoms with Crippen molar-refractivity contribution in [3.8, 4) is 5.75 Å². The van der Waals surface area contributed by atoms with E-state index in [4.69, 9.17) is 9.15 Å². The van der Waals surface area contributed by atoms with Crippen molar-refractivity contribution in [2.45, 2.75) is 10.6 Å². The second-order valence-corrected chi connectivity index (χ2v) is 6.07. The van der Waals surface area contributed by atoms with Crippen molar-refractivity contribution in [3.63, 3.8) is 0 Å². The molecule has 0 spiro atoms. The number of thioether (sulfide) groups is 1. The molecule has 0 fully saturated rings. The number of nitrogens with zero attached hydrogens (tertiary/aromatic N) is 1. The third-order valence-corrected chi connectivity index (χ3v) is 4.29. The maximum absolute atomic E-state index is 10.7. The van der Waals surface area contributed by atoms with Gasteiger partial charge < -0.3 is 9.15 Å². The largest absolute Gasteiger partial charge is 0.492 e. The van der Waals surface area contributed by atoms with Gasteiger partial charge in [-0.05, 0) is 12.1 Å². The van der Waals surface area contributed by atoms with E-state index in [1.165, 1.54) is 0 Å². The lowest BCUT2D eigenvalue weighted by Gasteiger charge is -2.10. The Morgan fingerprint density at radius 2 is 2.21 bits per heavy atom. The number of alkyl halides is 1. The van der Waals surface area contributed by atoms with E-state index >= 15 is 0 Å². The Bertz CT molecular complexity index is 543. The van der Waals surface area contributed by atoms with E-state index in [0.29, 0.717) is 18.3 Å². The fourth-order valence-corrected chi connectivity index (χ4v) is 2.81. The van der Waals surface area contributed by atoms with Crippen LogP contribution in [-0.4, -0.2) is 27.4 Å². The van der Waals surface area contributed by atoms with Gasteiger partial charge in [-0.3, -0.25) is 0 Å². The number of para-hydroxylation sites is 1. The summed E-state index contributed by atoms with van der Waals surface area (Å²) in [4.78, 5) is 10.9. The van der Waals surface area contributed by atoms with Crippen LogP contribution >= 0.6 is 27.7 Å². The minimum Gasteiger partial charge on any atom is -0.492 e. The summed E-state index contributed by atoms with van der Waals surface area (Å²) in [5.74, 6) is 2.16. The smallest absolute Gasteiger partial charge is 0.434 e. The topological polar surface area (TPSA) is 68.1 Å². The van der Waals surface area contributed by atoms with Crippen LogP contribution in [0.5, 0.6) is 5.75 Å². The molecule has 1 aromatic carbocycles. The maximum atomic E-state index is 10.7. The first-order valence-electron chi connectivity index (χ1n) is 5.68. The van der Waals surface area contributed by atoms with E-state index in [0.717, 1.165) is 11.5 Å². The number of hydrogen-bond donors (Lipinski definition) is 1. The van der Waals surface area contributed by atoms with Crippen molar-refractivity contribution >= 4 is 27.7 Å². The minimum absolute atomic E-state index is 0.225. The number of hydrogen-bond acceptors (Lipinski definition) is 5. The second kappa shape index (κ2) is 7.40. The molecule has 0 aliphatic rings. The van der Waals surface area contributed by atoms with Gasteiger partial charge in [-0.25, -0.2) is 9.89 Å². The zero-order valence-electron chi connectivity index (χ0n) is 10.0. The van der Waals surface area contributed by atoms with E-state index in [9.17, 15) is 4.79 Å². The number of aromatic amines is 1. The van der Waals surface area contributed by atoms with Gasteiger partial charge in [0.15, 0.2) is 0 Å². The van der Waals surface area contributed by atoms with Crippen LogP contribution in [0.2, 0.25) is 0 Å². The molecule has 0 aliphatic carbocycles. The fourth-order valence-electron chi connectivity index (χ4n) is 1.35. The molecule has 1 atom stereocenters. The molecule has 0 saturated heterocycles. The molecule has 1 aromatic heterocycles. The average molecular weight is 345 g/mol. The van der Waals surface area contributed by atoms with Crippen LogP contribution in [0.1, 0.15) is 5.89 Å². The lowest BCUT2D eigenvalue weighted by molar-refractivity contribution is 0.325. The zero-order valence-corrected chi connectivity index (χ0v) is 12.4. The van der Waals surface area contributed by atoms with E-state index < -0.39 is 5.76 Å². The van der Waals surface area contributed by atoms with E-state index in [2.05, 4.69) is 26.1 Å². The Hall–Kier alpha value is -1.21. The summed E-state index contributed by atoms with van der Waals surface area (Å²) < 4.78 is 10.4. The molecule has 0 bridgehead atoms. The quantitative estimate of drug-likeness (QED) is 0.781. The van der Waals surface area contributed by atoms with Crippen LogP contribution in [0.15, 0.2) is 39.5 Å². The van der Waals surface area contributed by atoms with Gasteiger partial charge in [-0.2, -0.15) is 11.8 Å².